The van der Waals surface area contributed by atoms with Crippen molar-refractivity contribution in [2.24, 2.45) is 31.8 Å². The Hall–Kier alpha value is -4.60. The summed E-state index contributed by atoms with van der Waals surface area (Å²) in [5, 5.41) is 8.35. The molecule has 0 amide bonds. The lowest BCUT2D eigenvalue weighted by atomic mass is 9.82. The zero-order valence-electron chi connectivity index (χ0n) is 25.6. The molecule has 5 aromatic rings. The van der Waals surface area contributed by atoms with Crippen molar-refractivity contribution < 1.29 is 27.0 Å². The minimum atomic E-state index is -0.712. The Labute approximate surface area is 275 Å². The number of halogens is 5. The van der Waals surface area contributed by atoms with Crippen molar-refractivity contribution in [3.63, 3.8) is 0 Å². The van der Waals surface area contributed by atoms with Crippen LogP contribution in [0.25, 0.3) is 0 Å². The van der Waals surface area contributed by atoms with Crippen LogP contribution in [0.4, 0.5) is 23.4 Å². The fourth-order valence-corrected chi connectivity index (χ4v) is 6.48. The highest BCUT2D eigenvalue weighted by Gasteiger charge is 2.42. The summed E-state index contributed by atoms with van der Waals surface area (Å²) in [6.45, 7) is 3.92. The Balaban J connectivity index is 0.000000203. The minimum absolute atomic E-state index is 0.0282. The molecule has 1 saturated heterocycles. The Bertz CT molecular complexity index is 1830. The van der Waals surface area contributed by atoms with Crippen LogP contribution in [0.2, 0.25) is 0 Å². The molecule has 1 saturated carbocycles. The van der Waals surface area contributed by atoms with Crippen LogP contribution in [0.5, 0.6) is 23.5 Å². The van der Waals surface area contributed by atoms with Crippen molar-refractivity contribution in [2.45, 2.75) is 26.2 Å². The van der Waals surface area contributed by atoms with Crippen LogP contribution in [0.3, 0.4) is 0 Å². The van der Waals surface area contributed by atoms with E-state index in [1.54, 1.807) is 20.4 Å². The normalized spacial score (nSPS) is 18.6. The highest BCUT2D eigenvalue weighted by Crippen LogP contribution is 2.44. The van der Waals surface area contributed by atoms with E-state index in [2.05, 4.69) is 51.0 Å². The number of anilines is 1. The molecule has 2 aliphatic rings. The van der Waals surface area contributed by atoms with Gasteiger partial charge in [0.15, 0.2) is 5.82 Å². The number of aromatic nitrogens is 8. The second-order valence-corrected chi connectivity index (χ2v) is 12.2. The highest BCUT2D eigenvalue weighted by molar-refractivity contribution is 9.10. The van der Waals surface area contributed by atoms with E-state index in [0.717, 1.165) is 67.4 Å². The Kier molecular flexibility index (Phi) is 9.38. The number of fused-ring (bicyclic) bond motifs is 2. The predicted octanol–water partition coefficient (Wildman–Crippen LogP) is 6.34. The van der Waals surface area contributed by atoms with Crippen LogP contribution in [-0.2, 0) is 20.5 Å². The summed E-state index contributed by atoms with van der Waals surface area (Å²) < 4.78 is 66.6. The number of nitrogens with zero attached hydrogens (tertiary/aromatic N) is 9. The quantitative estimate of drug-likeness (QED) is 0.179. The van der Waals surface area contributed by atoms with Crippen LogP contribution >= 0.6 is 15.9 Å². The fraction of sp³-hybridized carbons (Fsp3) is 0.355. The number of rotatable bonds is 7. The van der Waals surface area contributed by atoms with E-state index in [9.17, 15) is 17.6 Å². The molecule has 246 valence electrons. The van der Waals surface area contributed by atoms with Crippen molar-refractivity contribution in [3.05, 3.63) is 88.3 Å². The number of hydrogen-bond acceptors (Lipinski definition) is 9. The summed E-state index contributed by atoms with van der Waals surface area (Å²) >= 11 is 3.05. The van der Waals surface area contributed by atoms with Crippen LogP contribution in [0.1, 0.15) is 24.4 Å². The lowest BCUT2D eigenvalue weighted by molar-refractivity contribution is 0.264. The van der Waals surface area contributed by atoms with Gasteiger partial charge in [0, 0.05) is 81.8 Å². The molecule has 2 fully saturated rings. The Morgan fingerprint density at radius 1 is 0.745 bits per heavy atom. The monoisotopic (exact) mass is 715 g/mol. The van der Waals surface area contributed by atoms with Crippen molar-refractivity contribution in [3.8, 4) is 23.5 Å². The number of ether oxygens (including phenoxy) is 2. The molecule has 0 N–H and O–H groups in total. The maximum Gasteiger partial charge on any atom is 0.321 e. The molecule has 1 aliphatic heterocycles. The summed E-state index contributed by atoms with van der Waals surface area (Å²) in [6, 6.07) is 8.35. The molecular formula is C31H30BrF4N9O2. The van der Waals surface area contributed by atoms with Crippen LogP contribution < -0.4 is 14.4 Å². The first kappa shape index (κ1) is 32.3. The Morgan fingerprint density at radius 3 is 1.79 bits per heavy atom. The molecule has 0 spiro atoms. The van der Waals surface area contributed by atoms with Gasteiger partial charge in [0.05, 0.1) is 0 Å². The third-order valence-electron chi connectivity index (χ3n) is 8.12. The lowest BCUT2D eigenvalue weighted by Crippen LogP contribution is -2.43. The summed E-state index contributed by atoms with van der Waals surface area (Å²) in [6.07, 6.45) is 4.77. The zero-order valence-corrected chi connectivity index (χ0v) is 27.2. The van der Waals surface area contributed by atoms with Gasteiger partial charge in [-0.25, -0.2) is 36.9 Å². The van der Waals surface area contributed by atoms with Crippen LogP contribution in [-0.4, -0.2) is 52.6 Å². The van der Waals surface area contributed by atoms with Crippen molar-refractivity contribution >= 4 is 21.7 Å². The van der Waals surface area contributed by atoms with Gasteiger partial charge in [-0.2, -0.15) is 15.1 Å². The fourth-order valence-electron chi connectivity index (χ4n) is 6.09. The van der Waals surface area contributed by atoms with Gasteiger partial charge in [0.1, 0.15) is 46.9 Å². The maximum absolute atomic E-state index is 13.4. The molecule has 11 nitrogen and oxygen atoms in total. The number of hydrogen-bond donors (Lipinski definition) is 0. The van der Waals surface area contributed by atoms with Gasteiger partial charge in [-0.15, -0.1) is 5.10 Å². The van der Waals surface area contributed by atoms with Gasteiger partial charge >= 0.3 is 12.0 Å². The number of benzene rings is 2. The molecule has 1 unspecified atom stereocenters. The maximum atomic E-state index is 13.4. The van der Waals surface area contributed by atoms with E-state index in [0.29, 0.717) is 28.3 Å². The minimum Gasteiger partial charge on any atom is -0.424 e. The van der Waals surface area contributed by atoms with Crippen molar-refractivity contribution in [2.75, 3.05) is 18.0 Å². The summed E-state index contributed by atoms with van der Waals surface area (Å²) in [5.41, 5.74) is 0.975. The Morgan fingerprint density at radius 2 is 1.28 bits per heavy atom. The molecule has 7 rings (SSSR count). The van der Waals surface area contributed by atoms with E-state index < -0.39 is 23.3 Å². The number of aryl methyl sites for hydroxylation is 3. The van der Waals surface area contributed by atoms with E-state index in [1.165, 1.54) is 22.2 Å². The first-order chi connectivity index (χ1) is 22.5. The van der Waals surface area contributed by atoms with Gasteiger partial charge in [-0.1, -0.05) is 0 Å². The van der Waals surface area contributed by atoms with Crippen molar-refractivity contribution in [1.82, 2.24) is 39.5 Å². The van der Waals surface area contributed by atoms with Crippen LogP contribution in [0.15, 0.2) is 53.5 Å². The standard InChI is InChI=1S/C22H24F2N6O.C9H6BrF2N3O/c1-13-5-21(26-12-25-13)30-10-14-3-4-15(11-30)19(14)9-20-27-22(29(2)28-20)31-18-7-16(23)6-17(24)8-18;1-15-9(13-8(10)14-15)16-7-3-5(11)2-6(12)4-7/h5-8,12,14-15,19H,3-4,9-11H2,1-2H3;2-4H,1H3/t14-,15+,19?;. The molecular weight excluding hydrogens is 686 g/mol. The first-order valence-corrected chi connectivity index (χ1v) is 15.6. The molecule has 3 atom stereocenters. The average molecular weight is 717 g/mol. The third kappa shape index (κ3) is 7.86. The molecule has 1 aliphatic carbocycles. The van der Waals surface area contributed by atoms with Gasteiger partial charge in [-0.05, 0) is 53.4 Å². The van der Waals surface area contributed by atoms with E-state index >= 15 is 0 Å². The molecule has 0 radical (unpaired) electrons. The van der Waals surface area contributed by atoms with Gasteiger partial charge in [0.25, 0.3) is 0 Å². The zero-order chi connectivity index (χ0) is 33.2. The summed E-state index contributed by atoms with van der Waals surface area (Å²) in [7, 11) is 3.32. The second kappa shape index (κ2) is 13.6. The molecule has 16 heteroatoms. The first-order valence-electron chi connectivity index (χ1n) is 14.8. The molecule has 2 aromatic carbocycles. The van der Waals surface area contributed by atoms with E-state index in [1.807, 2.05) is 13.0 Å². The average Bonchev–Trinajstić information content (AvgIpc) is 3.56. The van der Waals surface area contributed by atoms with Crippen LogP contribution in [0, 0.1) is 47.9 Å². The molecule has 3 aromatic heterocycles. The molecule has 47 heavy (non-hydrogen) atoms. The smallest absolute Gasteiger partial charge is 0.321 e. The van der Waals surface area contributed by atoms with Gasteiger partial charge < -0.3 is 14.4 Å². The largest absolute Gasteiger partial charge is 0.424 e. The third-order valence-corrected chi connectivity index (χ3v) is 8.45. The lowest BCUT2D eigenvalue weighted by Gasteiger charge is -2.38. The van der Waals surface area contributed by atoms with E-state index in [-0.39, 0.29) is 23.5 Å². The van der Waals surface area contributed by atoms with E-state index in [4.69, 9.17) is 9.47 Å². The second-order valence-electron chi connectivity index (χ2n) is 11.5. The van der Waals surface area contributed by atoms with Crippen molar-refractivity contribution in [1.29, 1.82) is 0 Å². The SMILES string of the molecule is Cc1cc(N2C[C@H]3CC[C@@H](C2)C3Cc2nc(Oc3cc(F)cc(F)c3)n(C)n2)ncn1.Cn1nc(Br)nc1Oc1cc(F)cc(F)c1. The predicted molar refractivity (Wildman–Crippen MR) is 165 cm³/mol. The molecule has 2 bridgehead atoms. The summed E-state index contributed by atoms with van der Waals surface area (Å²) in [4.78, 5) is 19.4. The van der Waals surface area contributed by atoms with Gasteiger partial charge in [-0.3, -0.25) is 0 Å². The molecule has 4 heterocycles. The summed E-state index contributed by atoms with van der Waals surface area (Å²) in [5.74, 6) is 0.583. The number of piperidine rings is 1. The highest BCUT2D eigenvalue weighted by atomic mass is 79.9. The topological polar surface area (TPSA) is 109 Å². The van der Waals surface area contributed by atoms with Gasteiger partial charge in [0.2, 0.25) is 4.73 Å².